The molecule has 1 rings (SSSR count). The molecule has 5 heteroatoms. The Morgan fingerprint density at radius 3 is 3.00 bits per heavy atom. The molecule has 0 spiro atoms. The first-order valence-corrected chi connectivity index (χ1v) is 7.03. The van der Waals surface area contributed by atoms with Gasteiger partial charge in [-0.25, -0.2) is 0 Å². The van der Waals surface area contributed by atoms with E-state index in [9.17, 15) is 4.79 Å². The van der Waals surface area contributed by atoms with Crippen LogP contribution in [0.1, 0.15) is 12.8 Å². The molecule has 0 aliphatic rings. The van der Waals surface area contributed by atoms with E-state index in [1.165, 1.54) is 0 Å². The smallest absolute Gasteiger partial charge is 0.223 e. The summed E-state index contributed by atoms with van der Waals surface area (Å²) in [6.07, 6.45) is 0.856. The molecular weight excluding hydrogens is 260 g/mol. The highest BCUT2D eigenvalue weighted by Crippen LogP contribution is 2.23. The van der Waals surface area contributed by atoms with Crippen molar-refractivity contribution in [3.63, 3.8) is 0 Å². The van der Waals surface area contributed by atoms with Gasteiger partial charge < -0.3 is 9.64 Å². The van der Waals surface area contributed by atoms with E-state index in [0.29, 0.717) is 19.4 Å². The van der Waals surface area contributed by atoms with Crippen molar-refractivity contribution >= 4 is 17.7 Å². The number of rotatable bonds is 7. The molecular formula is C14H18N2O2S. The van der Waals surface area contributed by atoms with Gasteiger partial charge in [0, 0.05) is 30.7 Å². The molecule has 1 aromatic carbocycles. The van der Waals surface area contributed by atoms with E-state index >= 15 is 0 Å². The van der Waals surface area contributed by atoms with Gasteiger partial charge in [-0.3, -0.25) is 4.79 Å². The fourth-order valence-electron chi connectivity index (χ4n) is 1.48. The number of ether oxygens (including phenoxy) is 1. The summed E-state index contributed by atoms with van der Waals surface area (Å²) in [4.78, 5) is 14.4. The van der Waals surface area contributed by atoms with Crippen molar-refractivity contribution in [3.05, 3.63) is 24.3 Å². The molecule has 19 heavy (non-hydrogen) atoms. The van der Waals surface area contributed by atoms with Crippen molar-refractivity contribution in [2.24, 2.45) is 0 Å². The van der Waals surface area contributed by atoms with Gasteiger partial charge in [-0.15, -0.1) is 11.8 Å². The number of hydrogen-bond donors (Lipinski definition) is 0. The molecule has 1 amide bonds. The third-order valence-corrected chi connectivity index (χ3v) is 3.61. The molecule has 0 heterocycles. The van der Waals surface area contributed by atoms with Gasteiger partial charge in [-0.1, -0.05) is 6.07 Å². The van der Waals surface area contributed by atoms with Crippen LogP contribution in [0.3, 0.4) is 0 Å². The van der Waals surface area contributed by atoms with Crippen LogP contribution in [0.15, 0.2) is 29.2 Å². The number of nitriles is 1. The van der Waals surface area contributed by atoms with Crippen molar-refractivity contribution in [3.8, 4) is 11.8 Å². The fourth-order valence-corrected chi connectivity index (χ4v) is 2.37. The van der Waals surface area contributed by atoms with Crippen LogP contribution in [0.4, 0.5) is 0 Å². The molecule has 4 nitrogen and oxygen atoms in total. The van der Waals surface area contributed by atoms with Crippen LogP contribution < -0.4 is 4.74 Å². The number of hydrogen-bond acceptors (Lipinski definition) is 4. The summed E-state index contributed by atoms with van der Waals surface area (Å²) < 4.78 is 5.15. The minimum absolute atomic E-state index is 0.0747. The number of amides is 1. The number of thioether (sulfide) groups is 1. The molecule has 1 aromatic rings. The number of carbonyl (C=O) groups is 1. The van der Waals surface area contributed by atoms with E-state index in [1.54, 1.807) is 30.8 Å². The summed E-state index contributed by atoms with van der Waals surface area (Å²) >= 11 is 1.63. The summed E-state index contributed by atoms with van der Waals surface area (Å²) in [6.45, 7) is 0.499. The lowest BCUT2D eigenvalue weighted by Crippen LogP contribution is -2.27. The lowest BCUT2D eigenvalue weighted by atomic mass is 10.3. The van der Waals surface area contributed by atoms with Crippen LogP contribution in [0, 0.1) is 11.3 Å². The Labute approximate surface area is 118 Å². The van der Waals surface area contributed by atoms with E-state index in [4.69, 9.17) is 10.00 Å². The summed E-state index contributed by atoms with van der Waals surface area (Å²) in [5.74, 6) is 1.62. The molecule has 0 bridgehead atoms. The van der Waals surface area contributed by atoms with Gasteiger partial charge in [0.25, 0.3) is 0 Å². The maximum absolute atomic E-state index is 11.7. The first kappa shape index (κ1) is 15.4. The second kappa shape index (κ2) is 8.44. The highest BCUT2D eigenvalue weighted by atomic mass is 32.2. The van der Waals surface area contributed by atoms with Gasteiger partial charge in [0.15, 0.2) is 0 Å². The van der Waals surface area contributed by atoms with Crippen molar-refractivity contribution < 1.29 is 9.53 Å². The monoisotopic (exact) mass is 278 g/mol. The predicted octanol–water partition coefficient (Wildman–Crippen LogP) is 2.55. The van der Waals surface area contributed by atoms with Crippen LogP contribution in [0.25, 0.3) is 0 Å². The molecule has 0 aromatic heterocycles. The van der Waals surface area contributed by atoms with Gasteiger partial charge in [-0.2, -0.15) is 5.26 Å². The predicted molar refractivity (Wildman–Crippen MR) is 76.2 cm³/mol. The molecule has 0 atom stereocenters. The van der Waals surface area contributed by atoms with E-state index in [1.807, 2.05) is 30.3 Å². The molecule has 0 aliphatic heterocycles. The number of carbonyl (C=O) groups excluding carboxylic acids is 1. The maximum Gasteiger partial charge on any atom is 0.223 e. The quantitative estimate of drug-likeness (QED) is 0.719. The molecule has 0 aliphatic carbocycles. The summed E-state index contributed by atoms with van der Waals surface area (Å²) in [7, 11) is 3.37. The minimum atomic E-state index is 0.0747. The molecule has 0 radical (unpaired) electrons. The second-order valence-corrected chi connectivity index (χ2v) is 5.17. The SMILES string of the molecule is COc1cccc(SCCC(=O)N(C)CCC#N)c1. The summed E-state index contributed by atoms with van der Waals surface area (Å²) in [5, 5.41) is 8.47. The summed E-state index contributed by atoms with van der Waals surface area (Å²) in [5.41, 5.74) is 0. The Bertz CT molecular complexity index is 457. The molecule has 0 saturated heterocycles. The lowest BCUT2D eigenvalue weighted by Gasteiger charge is -2.15. The Morgan fingerprint density at radius 1 is 1.53 bits per heavy atom. The third kappa shape index (κ3) is 5.66. The fraction of sp³-hybridized carbons (Fsp3) is 0.429. The number of nitrogens with zero attached hydrogens (tertiary/aromatic N) is 2. The molecule has 0 unspecified atom stereocenters. The van der Waals surface area contributed by atoms with E-state index < -0.39 is 0 Å². The van der Waals surface area contributed by atoms with E-state index in [0.717, 1.165) is 16.4 Å². The van der Waals surface area contributed by atoms with Crippen LogP contribution in [-0.2, 0) is 4.79 Å². The minimum Gasteiger partial charge on any atom is -0.497 e. The van der Waals surface area contributed by atoms with Crippen LogP contribution in [0.2, 0.25) is 0 Å². The number of methoxy groups -OCH3 is 1. The van der Waals surface area contributed by atoms with Crippen molar-refractivity contribution in [2.75, 3.05) is 26.5 Å². The van der Waals surface area contributed by atoms with Gasteiger partial charge in [-0.05, 0) is 18.2 Å². The van der Waals surface area contributed by atoms with Crippen molar-refractivity contribution in [2.45, 2.75) is 17.7 Å². The van der Waals surface area contributed by atoms with Gasteiger partial charge in [0.05, 0.1) is 19.6 Å². The van der Waals surface area contributed by atoms with Crippen LogP contribution in [-0.4, -0.2) is 37.3 Å². The largest absolute Gasteiger partial charge is 0.497 e. The van der Waals surface area contributed by atoms with Crippen molar-refractivity contribution in [1.29, 1.82) is 5.26 Å². The van der Waals surface area contributed by atoms with Crippen LogP contribution in [0.5, 0.6) is 5.75 Å². The zero-order chi connectivity index (χ0) is 14.1. The zero-order valence-electron chi connectivity index (χ0n) is 11.3. The molecule has 0 saturated carbocycles. The Morgan fingerprint density at radius 2 is 2.32 bits per heavy atom. The Kier molecular flexibility index (Phi) is 6.83. The topological polar surface area (TPSA) is 53.3 Å². The van der Waals surface area contributed by atoms with Crippen molar-refractivity contribution in [1.82, 2.24) is 4.90 Å². The second-order valence-electron chi connectivity index (χ2n) is 4.00. The zero-order valence-corrected chi connectivity index (χ0v) is 12.1. The van der Waals surface area contributed by atoms with Crippen LogP contribution >= 0.6 is 11.8 Å². The first-order chi connectivity index (χ1) is 9.17. The maximum atomic E-state index is 11.7. The Hall–Kier alpha value is -1.67. The van der Waals surface area contributed by atoms with Gasteiger partial charge >= 0.3 is 0 Å². The highest BCUT2D eigenvalue weighted by Gasteiger charge is 2.08. The number of benzene rings is 1. The average molecular weight is 278 g/mol. The van der Waals surface area contributed by atoms with E-state index in [-0.39, 0.29) is 5.91 Å². The third-order valence-electron chi connectivity index (χ3n) is 2.61. The van der Waals surface area contributed by atoms with E-state index in [2.05, 4.69) is 0 Å². The summed E-state index contributed by atoms with van der Waals surface area (Å²) in [6, 6.07) is 9.81. The first-order valence-electron chi connectivity index (χ1n) is 6.05. The Balaban J connectivity index is 2.33. The molecule has 0 fully saturated rings. The standard InChI is InChI=1S/C14H18N2O2S/c1-16(9-4-8-15)14(17)7-10-19-13-6-3-5-12(11-13)18-2/h3,5-6,11H,4,7,9-10H2,1-2H3. The normalized spacial score (nSPS) is 9.74. The highest BCUT2D eigenvalue weighted by molar-refractivity contribution is 7.99. The van der Waals surface area contributed by atoms with Gasteiger partial charge in [0.2, 0.25) is 5.91 Å². The average Bonchev–Trinajstić information content (AvgIpc) is 2.44. The molecule has 102 valence electrons. The molecule has 0 N–H and O–H groups in total. The lowest BCUT2D eigenvalue weighted by molar-refractivity contribution is -0.129. The van der Waals surface area contributed by atoms with Gasteiger partial charge in [0.1, 0.15) is 5.75 Å².